The molecule has 2 N–H and O–H groups in total. The van der Waals surface area contributed by atoms with Crippen LogP contribution >= 0.6 is 0 Å². The largest absolute Gasteiger partial charge is 0.469 e. The average Bonchev–Trinajstić information content (AvgIpc) is 3.11. The molecule has 8 nitrogen and oxygen atoms in total. The Hall–Kier alpha value is -3.42. The number of carbonyl (C=O) groups excluding carboxylic acids is 4. The zero-order valence-electron chi connectivity index (χ0n) is 12.7. The number of hydrazine groups is 1. The number of amides is 4. The van der Waals surface area contributed by atoms with Gasteiger partial charge in [0, 0.05) is 0 Å². The second-order valence-electron chi connectivity index (χ2n) is 5.13. The summed E-state index contributed by atoms with van der Waals surface area (Å²) in [5, 5.41) is 0. The fourth-order valence-electron chi connectivity index (χ4n) is 2.38. The topological polar surface area (TPSA) is 109 Å². The van der Waals surface area contributed by atoms with E-state index in [0.717, 1.165) is 4.90 Å². The van der Waals surface area contributed by atoms with Crippen LogP contribution in [0.25, 0.3) is 0 Å². The number of furan rings is 1. The van der Waals surface area contributed by atoms with Crippen LogP contribution in [0.15, 0.2) is 41.0 Å². The van der Waals surface area contributed by atoms with Gasteiger partial charge in [-0.2, -0.15) is 0 Å². The number of carbonyl (C=O) groups is 4. The Kier molecular flexibility index (Phi) is 3.87. The van der Waals surface area contributed by atoms with Crippen LogP contribution in [-0.2, 0) is 4.79 Å². The summed E-state index contributed by atoms with van der Waals surface area (Å²) in [5.41, 5.74) is 5.16. The molecule has 8 heteroatoms. The highest BCUT2D eigenvalue weighted by molar-refractivity contribution is 6.22. The van der Waals surface area contributed by atoms with Crippen LogP contribution in [-0.4, -0.2) is 35.1 Å². The van der Waals surface area contributed by atoms with Gasteiger partial charge in [0.05, 0.1) is 23.0 Å². The predicted octanol–water partition coefficient (Wildman–Crippen LogP) is 0.645. The summed E-state index contributed by atoms with van der Waals surface area (Å²) in [6, 6.07) is 7.79. The Morgan fingerprint density at radius 1 is 1.04 bits per heavy atom. The van der Waals surface area contributed by atoms with E-state index in [4.69, 9.17) is 4.42 Å². The second-order valence-corrected chi connectivity index (χ2v) is 5.13. The number of benzene rings is 1. The number of fused-ring (bicyclic) bond motifs is 1. The molecule has 0 saturated carbocycles. The lowest BCUT2D eigenvalue weighted by atomic mass is 10.1. The normalized spacial score (nSPS) is 13.0. The van der Waals surface area contributed by atoms with E-state index in [1.165, 1.54) is 24.5 Å². The molecule has 3 rings (SSSR count). The molecule has 1 aromatic carbocycles. The maximum atomic E-state index is 12.1. The molecule has 0 spiro atoms. The zero-order chi connectivity index (χ0) is 17.3. The molecule has 0 unspecified atom stereocenters. The molecule has 0 aliphatic carbocycles. The summed E-state index contributed by atoms with van der Waals surface area (Å²) in [6.45, 7) is 1.12. The number of nitrogens with zero attached hydrogens (tertiary/aromatic N) is 1. The van der Waals surface area contributed by atoms with Crippen LogP contribution in [0, 0.1) is 6.92 Å². The summed E-state index contributed by atoms with van der Waals surface area (Å²) < 4.78 is 4.99. The second kappa shape index (κ2) is 5.99. The van der Waals surface area contributed by atoms with Gasteiger partial charge < -0.3 is 4.42 Å². The van der Waals surface area contributed by atoms with Crippen molar-refractivity contribution in [1.82, 2.24) is 15.8 Å². The van der Waals surface area contributed by atoms with Crippen LogP contribution in [0.5, 0.6) is 0 Å². The third kappa shape index (κ3) is 2.65. The van der Waals surface area contributed by atoms with E-state index in [0.29, 0.717) is 5.76 Å². The summed E-state index contributed by atoms with van der Waals surface area (Å²) in [5.74, 6) is -1.93. The summed E-state index contributed by atoms with van der Waals surface area (Å²) in [7, 11) is 0. The fourth-order valence-corrected chi connectivity index (χ4v) is 2.38. The minimum atomic E-state index is -0.695. The summed E-state index contributed by atoms with van der Waals surface area (Å²) >= 11 is 0. The lowest BCUT2D eigenvalue weighted by Crippen LogP contribution is -2.47. The van der Waals surface area contributed by atoms with Crippen LogP contribution < -0.4 is 10.9 Å². The van der Waals surface area contributed by atoms with Gasteiger partial charge in [0.2, 0.25) is 0 Å². The minimum absolute atomic E-state index is 0.258. The lowest BCUT2D eigenvalue weighted by molar-refractivity contribution is -0.122. The van der Waals surface area contributed by atoms with Crippen molar-refractivity contribution in [1.29, 1.82) is 0 Å². The van der Waals surface area contributed by atoms with E-state index < -0.39 is 30.2 Å². The van der Waals surface area contributed by atoms with Gasteiger partial charge in [-0.05, 0) is 25.1 Å². The maximum absolute atomic E-state index is 12.1. The van der Waals surface area contributed by atoms with Gasteiger partial charge in [0.15, 0.2) is 0 Å². The standard InChI is InChI=1S/C16H13N3O5/c1-9-10(6-7-24-9)14(21)18-17-13(20)8-19-15(22)11-4-2-3-5-12(11)16(19)23/h2-7H,8H2,1H3,(H,17,20)(H,18,21). The molecule has 0 atom stereocenters. The third-order valence-electron chi connectivity index (χ3n) is 3.60. The predicted molar refractivity (Wildman–Crippen MR) is 80.9 cm³/mol. The summed E-state index contributed by atoms with van der Waals surface area (Å²) in [6.07, 6.45) is 1.35. The monoisotopic (exact) mass is 327 g/mol. The van der Waals surface area contributed by atoms with Crippen molar-refractivity contribution >= 4 is 23.6 Å². The van der Waals surface area contributed by atoms with E-state index in [1.807, 2.05) is 0 Å². The van der Waals surface area contributed by atoms with Crippen molar-refractivity contribution < 1.29 is 23.6 Å². The number of hydrogen-bond donors (Lipinski definition) is 2. The van der Waals surface area contributed by atoms with Gasteiger partial charge in [0.25, 0.3) is 23.6 Å². The third-order valence-corrected chi connectivity index (χ3v) is 3.60. The van der Waals surface area contributed by atoms with Crippen LogP contribution in [0.2, 0.25) is 0 Å². The number of imide groups is 1. The van der Waals surface area contributed by atoms with Gasteiger partial charge in [0.1, 0.15) is 12.3 Å². The maximum Gasteiger partial charge on any atom is 0.273 e. The quantitative estimate of drug-likeness (QED) is 0.635. The van der Waals surface area contributed by atoms with Crippen molar-refractivity contribution in [2.24, 2.45) is 0 Å². The zero-order valence-corrected chi connectivity index (χ0v) is 12.7. The molecular formula is C16H13N3O5. The van der Waals surface area contributed by atoms with E-state index >= 15 is 0 Å². The van der Waals surface area contributed by atoms with E-state index in [9.17, 15) is 19.2 Å². The highest BCUT2D eigenvalue weighted by atomic mass is 16.3. The van der Waals surface area contributed by atoms with Crippen LogP contribution in [0.4, 0.5) is 0 Å². The van der Waals surface area contributed by atoms with Gasteiger partial charge >= 0.3 is 0 Å². The van der Waals surface area contributed by atoms with Crippen molar-refractivity contribution in [2.45, 2.75) is 6.92 Å². The van der Waals surface area contributed by atoms with Crippen LogP contribution in [0.1, 0.15) is 36.8 Å². The number of rotatable bonds is 3. The van der Waals surface area contributed by atoms with E-state index in [2.05, 4.69) is 10.9 Å². The first kappa shape index (κ1) is 15.5. The molecule has 0 bridgehead atoms. The molecule has 0 fully saturated rings. The van der Waals surface area contributed by atoms with Crippen molar-refractivity contribution in [3.63, 3.8) is 0 Å². The Labute approximate surface area is 136 Å². The number of nitrogens with one attached hydrogen (secondary N) is 2. The van der Waals surface area contributed by atoms with Gasteiger partial charge in [-0.15, -0.1) is 0 Å². The molecule has 24 heavy (non-hydrogen) atoms. The molecule has 0 saturated heterocycles. The molecular weight excluding hydrogens is 314 g/mol. The Morgan fingerprint density at radius 3 is 2.21 bits per heavy atom. The first-order valence-electron chi connectivity index (χ1n) is 7.07. The first-order valence-corrected chi connectivity index (χ1v) is 7.07. The molecule has 0 radical (unpaired) electrons. The molecule has 2 aromatic rings. The number of hydrogen-bond acceptors (Lipinski definition) is 5. The molecule has 1 aliphatic rings. The lowest BCUT2D eigenvalue weighted by Gasteiger charge is -2.13. The van der Waals surface area contributed by atoms with Crippen LogP contribution in [0.3, 0.4) is 0 Å². The van der Waals surface area contributed by atoms with Gasteiger partial charge in [-0.1, -0.05) is 12.1 Å². The SMILES string of the molecule is Cc1occc1C(=O)NNC(=O)CN1C(=O)c2ccccc2C1=O. The molecule has 122 valence electrons. The van der Waals surface area contributed by atoms with Crippen molar-refractivity contribution in [2.75, 3.05) is 6.54 Å². The van der Waals surface area contributed by atoms with Gasteiger partial charge in [-0.25, -0.2) is 0 Å². The highest BCUT2D eigenvalue weighted by Gasteiger charge is 2.36. The van der Waals surface area contributed by atoms with Crippen molar-refractivity contribution in [3.8, 4) is 0 Å². The molecule has 2 heterocycles. The molecule has 1 aromatic heterocycles. The number of aryl methyl sites for hydroxylation is 1. The Morgan fingerprint density at radius 2 is 1.67 bits per heavy atom. The van der Waals surface area contributed by atoms with E-state index in [-0.39, 0.29) is 16.7 Å². The summed E-state index contributed by atoms with van der Waals surface area (Å²) in [4.78, 5) is 48.9. The van der Waals surface area contributed by atoms with Crippen molar-refractivity contribution in [3.05, 3.63) is 59.0 Å². The Balaban J connectivity index is 1.60. The fraction of sp³-hybridized carbons (Fsp3) is 0.125. The average molecular weight is 327 g/mol. The molecule has 1 aliphatic heterocycles. The smallest absolute Gasteiger partial charge is 0.273 e. The molecule has 4 amide bonds. The van der Waals surface area contributed by atoms with E-state index in [1.54, 1.807) is 19.1 Å². The van der Waals surface area contributed by atoms with Gasteiger partial charge in [-0.3, -0.25) is 34.9 Å². The minimum Gasteiger partial charge on any atom is -0.469 e. The first-order chi connectivity index (χ1) is 11.5. The Bertz CT molecular complexity index is 820. The highest BCUT2D eigenvalue weighted by Crippen LogP contribution is 2.21.